The topological polar surface area (TPSA) is 76.1 Å². The normalized spacial score (nSPS) is 10.3. The molecule has 0 saturated carbocycles. The Labute approximate surface area is 160 Å². The predicted molar refractivity (Wildman–Crippen MR) is 103 cm³/mol. The van der Waals surface area contributed by atoms with Gasteiger partial charge in [0.25, 0.3) is 0 Å². The Morgan fingerprint density at radius 2 is 1.81 bits per heavy atom. The number of esters is 1. The maximum Gasteiger partial charge on any atom is 0.337 e. The van der Waals surface area contributed by atoms with Crippen molar-refractivity contribution in [3.05, 3.63) is 70.3 Å². The number of benzene rings is 2. The van der Waals surface area contributed by atoms with Gasteiger partial charge in [0.05, 0.1) is 28.4 Å². The third-order valence-electron chi connectivity index (χ3n) is 3.43. The van der Waals surface area contributed by atoms with Crippen LogP contribution in [0.25, 0.3) is 0 Å². The van der Waals surface area contributed by atoms with Gasteiger partial charge < -0.3 is 15.4 Å². The summed E-state index contributed by atoms with van der Waals surface area (Å²) >= 11 is 12.2. The Kier molecular flexibility index (Phi) is 5.55. The zero-order valence-corrected chi connectivity index (χ0v) is 15.2. The molecule has 8 heteroatoms. The molecule has 0 radical (unpaired) electrons. The number of methoxy groups -OCH3 is 1. The standard InChI is InChI=1S/C18H14Cl2N4O2/c1-26-17(25)11-5-7-12(8-6-11)22-15-9-10-21-18(24-15)23-14-4-2-3-13(19)16(14)20/h2-10H,1H3,(H2,21,22,23,24). The molecule has 0 saturated heterocycles. The van der Waals surface area contributed by atoms with Crippen molar-refractivity contribution in [2.24, 2.45) is 0 Å². The van der Waals surface area contributed by atoms with E-state index in [4.69, 9.17) is 23.2 Å². The molecule has 2 N–H and O–H groups in total. The van der Waals surface area contributed by atoms with Crippen LogP contribution in [0, 0.1) is 0 Å². The van der Waals surface area contributed by atoms with Crippen LogP contribution in [0.4, 0.5) is 23.1 Å². The highest BCUT2D eigenvalue weighted by Crippen LogP contribution is 2.31. The first-order valence-electron chi connectivity index (χ1n) is 7.56. The second-order valence-corrected chi connectivity index (χ2v) is 5.97. The minimum Gasteiger partial charge on any atom is -0.465 e. The summed E-state index contributed by atoms with van der Waals surface area (Å²) in [5.74, 6) is 0.556. The Hall–Kier alpha value is -2.83. The summed E-state index contributed by atoms with van der Waals surface area (Å²) in [4.78, 5) is 20.0. The molecule has 132 valence electrons. The van der Waals surface area contributed by atoms with E-state index >= 15 is 0 Å². The van der Waals surface area contributed by atoms with Crippen LogP contribution in [0.2, 0.25) is 10.0 Å². The van der Waals surface area contributed by atoms with Gasteiger partial charge in [0, 0.05) is 11.9 Å². The molecule has 3 aromatic rings. The molecule has 0 aliphatic heterocycles. The number of nitrogens with one attached hydrogen (secondary N) is 2. The van der Waals surface area contributed by atoms with Crippen LogP contribution < -0.4 is 10.6 Å². The minimum atomic E-state index is -0.386. The third-order valence-corrected chi connectivity index (χ3v) is 4.25. The van der Waals surface area contributed by atoms with Crippen LogP contribution in [0.1, 0.15) is 10.4 Å². The van der Waals surface area contributed by atoms with Crippen LogP contribution in [0.3, 0.4) is 0 Å². The number of carbonyl (C=O) groups is 1. The van der Waals surface area contributed by atoms with Crippen molar-refractivity contribution in [1.29, 1.82) is 0 Å². The molecule has 0 amide bonds. The molecule has 0 spiro atoms. The van der Waals surface area contributed by atoms with Gasteiger partial charge in [0.1, 0.15) is 5.82 Å². The van der Waals surface area contributed by atoms with Gasteiger partial charge in [-0.2, -0.15) is 4.98 Å². The summed E-state index contributed by atoms with van der Waals surface area (Å²) in [6.07, 6.45) is 1.61. The van der Waals surface area contributed by atoms with Gasteiger partial charge in [0.15, 0.2) is 0 Å². The molecule has 0 bridgehead atoms. The molecule has 1 heterocycles. The second-order valence-electron chi connectivity index (χ2n) is 5.19. The average Bonchev–Trinajstić information content (AvgIpc) is 2.66. The first-order chi connectivity index (χ1) is 12.6. The fraction of sp³-hybridized carbons (Fsp3) is 0.0556. The van der Waals surface area contributed by atoms with E-state index in [0.717, 1.165) is 5.69 Å². The van der Waals surface area contributed by atoms with Gasteiger partial charge in [-0.05, 0) is 42.5 Å². The molecule has 0 aliphatic rings. The minimum absolute atomic E-state index is 0.366. The van der Waals surface area contributed by atoms with Gasteiger partial charge in [-0.1, -0.05) is 29.3 Å². The quantitative estimate of drug-likeness (QED) is 0.595. The lowest BCUT2D eigenvalue weighted by atomic mass is 10.2. The molecule has 1 aromatic heterocycles. The summed E-state index contributed by atoms with van der Waals surface area (Å²) in [6, 6.07) is 13.8. The van der Waals surface area contributed by atoms with E-state index in [1.165, 1.54) is 7.11 Å². The number of carbonyl (C=O) groups excluding carboxylic acids is 1. The SMILES string of the molecule is COC(=O)c1ccc(Nc2ccnc(Nc3cccc(Cl)c3Cl)n2)cc1. The molecule has 6 nitrogen and oxygen atoms in total. The van der Waals surface area contributed by atoms with Gasteiger partial charge in [-0.25, -0.2) is 9.78 Å². The van der Waals surface area contributed by atoms with E-state index in [9.17, 15) is 4.79 Å². The Bertz CT molecular complexity index is 933. The highest BCUT2D eigenvalue weighted by atomic mass is 35.5. The number of nitrogens with zero attached hydrogens (tertiary/aromatic N) is 2. The van der Waals surface area contributed by atoms with Crippen LogP contribution in [-0.4, -0.2) is 23.0 Å². The van der Waals surface area contributed by atoms with E-state index in [2.05, 4.69) is 25.3 Å². The van der Waals surface area contributed by atoms with Crippen molar-refractivity contribution in [1.82, 2.24) is 9.97 Å². The molecular formula is C18H14Cl2N4O2. The zero-order chi connectivity index (χ0) is 18.5. The van der Waals surface area contributed by atoms with Gasteiger partial charge in [0.2, 0.25) is 5.95 Å². The van der Waals surface area contributed by atoms with Gasteiger partial charge >= 0.3 is 5.97 Å². The fourth-order valence-electron chi connectivity index (χ4n) is 2.16. The number of rotatable bonds is 5. The Morgan fingerprint density at radius 3 is 2.54 bits per heavy atom. The lowest BCUT2D eigenvalue weighted by Gasteiger charge is -2.10. The average molecular weight is 389 g/mol. The summed E-state index contributed by atoms with van der Waals surface area (Å²) in [5.41, 5.74) is 1.85. The summed E-state index contributed by atoms with van der Waals surface area (Å²) in [5, 5.41) is 7.01. The lowest BCUT2D eigenvalue weighted by Crippen LogP contribution is -2.02. The van der Waals surface area contributed by atoms with Crippen molar-refractivity contribution >= 4 is 52.3 Å². The predicted octanol–water partition coefficient (Wildman–Crippen LogP) is 5.06. The summed E-state index contributed by atoms with van der Waals surface area (Å²) in [7, 11) is 1.34. The summed E-state index contributed by atoms with van der Waals surface area (Å²) in [6.45, 7) is 0. The van der Waals surface area contributed by atoms with Crippen LogP contribution >= 0.6 is 23.2 Å². The molecule has 3 rings (SSSR count). The van der Waals surface area contributed by atoms with Crippen molar-refractivity contribution in [3.63, 3.8) is 0 Å². The van der Waals surface area contributed by atoms with Crippen molar-refractivity contribution < 1.29 is 9.53 Å². The molecule has 0 atom stereocenters. The Morgan fingerprint density at radius 1 is 1.04 bits per heavy atom. The van der Waals surface area contributed by atoms with Crippen LogP contribution in [0.15, 0.2) is 54.7 Å². The highest BCUT2D eigenvalue weighted by Gasteiger charge is 2.08. The number of anilines is 4. The monoisotopic (exact) mass is 388 g/mol. The van der Waals surface area contributed by atoms with Gasteiger partial charge in [-0.3, -0.25) is 0 Å². The van der Waals surface area contributed by atoms with Gasteiger partial charge in [-0.15, -0.1) is 0 Å². The smallest absolute Gasteiger partial charge is 0.337 e. The lowest BCUT2D eigenvalue weighted by molar-refractivity contribution is 0.0601. The first-order valence-corrected chi connectivity index (χ1v) is 8.32. The number of aromatic nitrogens is 2. The van der Waals surface area contributed by atoms with Crippen molar-refractivity contribution in [2.45, 2.75) is 0 Å². The zero-order valence-electron chi connectivity index (χ0n) is 13.7. The number of halogens is 2. The first kappa shape index (κ1) is 18.0. The van der Waals surface area contributed by atoms with Crippen molar-refractivity contribution in [2.75, 3.05) is 17.7 Å². The number of hydrogen-bond acceptors (Lipinski definition) is 6. The van der Waals surface area contributed by atoms with E-state index in [-0.39, 0.29) is 5.97 Å². The van der Waals surface area contributed by atoms with E-state index in [1.807, 2.05) is 0 Å². The number of hydrogen-bond donors (Lipinski definition) is 2. The molecule has 0 fully saturated rings. The van der Waals surface area contributed by atoms with Crippen molar-refractivity contribution in [3.8, 4) is 0 Å². The van der Waals surface area contributed by atoms with Crippen LogP contribution in [-0.2, 0) is 4.74 Å². The summed E-state index contributed by atoms with van der Waals surface area (Å²) < 4.78 is 4.68. The molecule has 2 aromatic carbocycles. The molecule has 0 unspecified atom stereocenters. The number of ether oxygens (including phenoxy) is 1. The Balaban J connectivity index is 1.75. The second kappa shape index (κ2) is 8.03. The van der Waals surface area contributed by atoms with E-state index in [0.29, 0.717) is 33.1 Å². The third kappa shape index (κ3) is 4.22. The maximum atomic E-state index is 11.5. The van der Waals surface area contributed by atoms with Crippen LogP contribution in [0.5, 0.6) is 0 Å². The highest BCUT2D eigenvalue weighted by molar-refractivity contribution is 6.43. The van der Waals surface area contributed by atoms with E-state index < -0.39 is 0 Å². The maximum absolute atomic E-state index is 11.5. The largest absolute Gasteiger partial charge is 0.465 e. The molecule has 26 heavy (non-hydrogen) atoms. The molecule has 0 aliphatic carbocycles. The van der Waals surface area contributed by atoms with E-state index in [1.54, 1.807) is 54.7 Å². The molecular weight excluding hydrogens is 375 g/mol. The fourth-order valence-corrected chi connectivity index (χ4v) is 2.51.